The van der Waals surface area contributed by atoms with E-state index in [1.807, 2.05) is 26.0 Å². The van der Waals surface area contributed by atoms with Crippen molar-refractivity contribution < 1.29 is 22.0 Å². The second-order valence-corrected chi connectivity index (χ2v) is 10.5. The number of rotatable bonds is 9. The SMILES string of the molecule is CC[C@H](Cc1ncc(F)cn1)S(=O)(=O)Cc1nnc(-c2ccc(C)o2)n1-c1c(C)cccc1OC. The van der Waals surface area contributed by atoms with Gasteiger partial charge in [-0.05, 0) is 44.0 Å². The van der Waals surface area contributed by atoms with Gasteiger partial charge < -0.3 is 9.15 Å². The summed E-state index contributed by atoms with van der Waals surface area (Å²) >= 11 is 0. The van der Waals surface area contributed by atoms with Crippen molar-refractivity contribution >= 4 is 9.84 Å². The van der Waals surface area contributed by atoms with Crippen LogP contribution in [-0.2, 0) is 22.0 Å². The highest BCUT2D eigenvalue weighted by molar-refractivity contribution is 7.91. The van der Waals surface area contributed by atoms with Crippen LogP contribution in [0.15, 0.2) is 47.1 Å². The van der Waals surface area contributed by atoms with Crippen LogP contribution in [0.25, 0.3) is 17.3 Å². The molecule has 0 unspecified atom stereocenters. The quantitative estimate of drug-likeness (QED) is 0.339. The van der Waals surface area contributed by atoms with Gasteiger partial charge in [-0.15, -0.1) is 10.2 Å². The number of sulfone groups is 1. The molecule has 0 saturated carbocycles. The first-order valence-corrected chi connectivity index (χ1v) is 12.8. The number of ether oxygens (including phenoxy) is 1. The highest BCUT2D eigenvalue weighted by atomic mass is 32.2. The van der Waals surface area contributed by atoms with E-state index in [9.17, 15) is 12.8 Å². The number of hydrogen-bond acceptors (Lipinski definition) is 8. The first kappa shape index (κ1) is 24.5. The fourth-order valence-corrected chi connectivity index (χ4v) is 5.61. The third-order valence-electron chi connectivity index (χ3n) is 5.71. The smallest absolute Gasteiger partial charge is 0.204 e. The lowest BCUT2D eigenvalue weighted by molar-refractivity contribution is 0.412. The van der Waals surface area contributed by atoms with Gasteiger partial charge in [0.1, 0.15) is 23.1 Å². The molecule has 0 aliphatic carbocycles. The maximum Gasteiger partial charge on any atom is 0.204 e. The lowest BCUT2D eigenvalue weighted by Crippen LogP contribution is -2.27. The summed E-state index contributed by atoms with van der Waals surface area (Å²) in [6.45, 7) is 5.49. The molecule has 0 aliphatic rings. The number of halogens is 1. The lowest BCUT2D eigenvalue weighted by atomic mass is 10.1. The second-order valence-electron chi connectivity index (χ2n) is 8.17. The Kier molecular flexibility index (Phi) is 6.97. The van der Waals surface area contributed by atoms with Gasteiger partial charge >= 0.3 is 0 Å². The van der Waals surface area contributed by atoms with Crippen molar-refractivity contribution in [3.8, 4) is 23.0 Å². The van der Waals surface area contributed by atoms with E-state index in [4.69, 9.17) is 9.15 Å². The number of methoxy groups -OCH3 is 1. The Bertz CT molecular complexity index is 1430. The molecule has 184 valence electrons. The fraction of sp³-hybridized carbons (Fsp3) is 0.333. The van der Waals surface area contributed by atoms with Crippen molar-refractivity contribution in [2.45, 2.75) is 44.6 Å². The Labute approximate surface area is 202 Å². The molecule has 35 heavy (non-hydrogen) atoms. The van der Waals surface area contributed by atoms with Crippen LogP contribution in [0.3, 0.4) is 0 Å². The van der Waals surface area contributed by atoms with Gasteiger partial charge in [-0.2, -0.15) is 0 Å². The topological polar surface area (TPSA) is 113 Å². The largest absolute Gasteiger partial charge is 0.495 e. The summed E-state index contributed by atoms with van der Waals surface area (Å²) in [7, 11) is -2.18. The van der Waals surface area contributed by atoms with Crippen LogP contribution in [0, 0.1) is 19.7 Å². The number of para-hydroxylation sites is 1. The van der Waals surface area contributed by atoms with Gasteiger partial charge in [-0.3, -0.25) is 4.57 Å². The summed E-state index contributed by atoms with van der Waals surface area (Å²) < 4.78 is 53.3. The van der Waals surface area contributed by atoms with E-state index in [0.717, 1.165) is 18.0 Å². The van der Waals surface area contributed by atoms with Crippen LogP contribution in [0.5, 0.6) is 5.75 Å². The summed E-state index contributed by atoms with van der Waals surface area (Å²) in [5.41, 5.74) is 1.48. The molecule has 0 spiro atoms. The number of aryl methyl sites for hydroxylation is 2. The van der Waals surface area contributed by atoms with E-state index in [1.165, 1.54) is 0 Å². The molecule has 4 aromatic rings. The maximum atomic E-state index is 13.5. The molecule has 1 aromatic carbocycles. The minimum absolute atomic E-state index is 0.0607. The second kappa shape index (κ2) is 9.95. The molecule has 11 heteroatoms. The summed E-state index contributed by atoms with van der Waals surface area (Å²) in [4.78, 5) is 7.84. The zero-order valence-corrected chi connectivity index (χ0v) is 20.7. The molecule has 0 saturated heterocycles. The summed E-state index contributed by atoms with van der Waals surface area (Å²) in [5, 5.41) is 7.76. The van der Waals surface area contributed by atoms with Crippen molar-refractivity contribution in [3.05, 3.63) is 71.5 Å². The molecule has 3 heterocycles. The highest BCUT2D eigenvalue weighted by Gasteiger charge is 2.30. The third kappa shape index (κ3) is 5.09. The molecule has 0 amide bonds. The van der Waals surface area contributed by atoms with Crippen LogP contribution in [-0.4, -0.2) is 45.5 Å². The highest BCUT2D eigenvalue weighted by Crippen LogP contribution is 2.33. The van der Waals surface area contributed by atoms with Crippen LogP contribution in [0.4, 0.5) is 4.39 Å². The van der Waals surface area contributed by atoms with Crippen molar-refractivity contribution in [3.63, 3.8) is 0 Å². The van der Waals surface area contributed by atoms with Crippen molar-refractivity contribution in [1.29, 1.82) is 0 Å². The monoisotopic (exact) mass is 499 g/mol. The van der Waals surface area contributed by atoms with E-state index in [1.54, 1.807) is 36.8 Å². The Hall–Kier alpha value is -3.60. The number of hydrogen-bond donors (Lipinski definition) is 0. The van der Waals surface area contributed by atoms with E-state index in [2.05, 4.69) is 20.2 Å². The van der Waals surface area contributed by atoms with Crippen LogP contribution < -0.4 is 4.74 Å². The zero-order chi connectivity index (χ0) is 25.2. The van der Waals surface area contributed by atoms with Crippen molar-refractivity contribution in [2.75, 3.05) is 7.11 Å². The van der Waals surface area contributed by atoms with Gasteiger partial charge in [0.05, 0.1) is 30.4 Å². The number of furan rings is 1. The lowest BCUT2D eigenvalue weighted by Gasteiger charge is -2.18. The molecule has 4 rings (SSSR count). The molecule has 1 atom stereocenters. The molecule has 0 bridgehead atoms. The van der Waals surface area contributed by atoms with E-state index in [0.29, 0.717) is 35.2 Å². The number of nitrogens with zero attached hydrogens (tertiary/aromatic N) is 5. The molecule has 0 N–H and O–H groups in total. The number of aromatic nitrogens is 5. The Morgan fingerprint density at radius 1 is 1.11 bits per heavy atom. The summed E-state index contributed by atoms with van der Waals surface area (Å²) in [6.07, 6.45) is 2.45. The molecular formula is C24H26FN5O4S. The Morgan fingerprint density at radius 3 is 2.49 bits per heavy atom. The predicted molar refractivity (Wildman–Crippen MR) is 127 cm³/mol. The first-order chi connectivity index (χ1) is 16.7. The van der Waals surface area contributed by atoms with E-state index in [-0.39, 0.29) is 23.8 Å². The van der Waals surface area contributed by atoms with Crippen LogP contribution in [0.2, 0.25) is 0 Å². The van der Waals surface area contributed by atoms with Crippen molar-refractivity contribution in [2.24, 2.45) is 0 Å². The van der Waals surface area contributed by atoms with E-state index >= 15 is 0 Å². The summed E-state index contributed by atoms with van der Waals surface area (Å²) in [5.74, 6) is 1.57. The predicted octanol–water partition coefficient (Wildman–Crippen LogP) is 4.02. The standard InChI is InChI=1S/C24H26FN5O4S/c1-5-18(11-21-26-12-17(25)13-27-21)35(31,32)14-22-28-29-24(20-10-9-16(3)34-20)30(22)23-15(2)7-6-8-19(23)33-4/h6-10,12-13,18H,5,11,14H2,1-4H3/t18-/m1/s1. The normalized spacial score (nSPS) is 12.6. The first-order valence-electron chi connectivity index (χ1n) is 11.1. The van der Waals surface area contributed by atoms with Gasteiger partial charge in [0.2, 0.25) is 5.82 Å². The van der Waals surface area contributed by atoms with E-state index < -0.39 is 20.9 Å². The minimum atomic E-state index is -3.73. The fourth-order valence-electron chi connectivity index (χ4n) is 3.91. The van der Waals surface area contributed by atoms with Crippen LogP contribution >= 0.6 is 0 Å². The Morgan fingerprint density at radius 2 is 1.86 bits per heavy atom. The average Bonchev–Trinajstić information content (AvgIpc) is 3.43. The molecule has 0 radical (unpaired) electrons. The van der Waals surface area contributed by atoms with Gasteiger partial charge in [0, 0.05) is 6.42 Å². The molecule has 9 nitrogen and oxygen atoms in total. The molecule has 0 fully saturated rings. The van der Waals surface area contributed by atoms with Gasteiger partial charge in [0.15, 0.2) is 27.2 Å². The maximum absolute atomic E-state index is 13.5. The zero-order valence-electron chi connectivity index (χ0n) is 19.9. The Balaban J connectivity index is 1.78. The minimum Gasteiger partial charge on any atom is -0.495 e. The molecular weight excluding hydrogens is 473 g/mol. The van der Waals surface area contributed by atoms with Gasteiger partial charge in [-0.1, -0.05) is 19.1 Å². The third-order valence-corrected chi connectivity index (χ3v) is 7.89. The average molecular weight is 500 g/mol. The molecule has 0 aliphatic heterocycles. The van der Waals surface area contributed by atoms with Crippen LogP contribution in [0.1, 0.15) is 36.3 Å². The summed E-state index contributed by atoms with van der Waals surface area (Å²) in [6, 6.07) is 9.10. The van der Waals surface area contributed by atoms with Gasteiger partial charge in [-0.25, -0.2) is 22.8 Å². The van der Waals surface area contributed by atoms with Gasteiger partial charge in [0.25, 0.3) is 0 Å². The van der Waals surface area contributed by atoms with Crippen molar-refractivity contribution in [1.82, 2.24) is 24.7 Å². The molecule has 3 aromatic heterocycles. The number of benzene rings is 1.